The molecule has 3 aromatic rings. The quantitative estimate of drug-likeness (QED) is 0.0204. The summed E-state index contributed by atoms with van der Waals surface area (Å²) in [4.78, 5) is 106. The Labute approximate surface area is 607 Å². The molecule has 25 heteroatoms. The van der Waals surface area contributed by atoms with Gasteiger partial charge in [-0.05, 0) is 115 Å². The standard InChI is InChI=1S/C76H126N10O14S/c1-18-73(11,12)31-32-75(15,16)69(93)83-49-57(7)51-96-42-29-63(88)79-36-43-95-41-28-62(87)77-34-39-86(68(92)60-22-20-58(21-23-60)66(91)80-38-45-99-61-26-24-59(25-27-61)67-84-85-71(100-67)101-54(3)4)40-35-78-65(90)47-74(13,14)53-98-52-56(6)48-82-64(89)46-55(5)50-97-44-37-81-70(94)76(17,19-2)33-30-72(8,9)10/h20-27,54-57H,18-19,28-53H2,1-17H3,(H,77,87)(H,78,90)(H,79,88)(H,80,91)(H,81,94)(H,82,89)(H,83,93). The van der Waals surface area contributed by atoms with E-state index in [-0.39, 0.29) is 167 Å². The fourth-order valence-corrected chi connectivity index (χ4v) is 10.6. The number of hydrogen-bond donors (Lipinski definition) is 7. The monoisotopic (exact) mass is 1430 g/mol. The van der Waals surface area contributed by atoms with E-state index in [9.17, 15) is 38.4 Å². The summed E-state index contributed by atoms with van der Waals surface area (Å²) in [5, 5.41) is 29.5. The van der Waals surface area contributed by atoms with Crippen molar-refractivity contribution in [2.24, 2.45) is 44.8 Å². The summed E-state index contributed by atoms with van der Waals surface area (Å²) >= 11 is 1.49. The molecule has 2 aromatic carbocycles. The minimum Gasteiger partial charge on any atom is -0.492 e. The number of ether oxygens (including phenoxy) is 5. The number of thioether (sulfide) groups is 1. The molecule has 0 saturated carbocycles. The maximum Gasteiger partial charge on any atom is 0.277 e. The lowest BCUT2D eigenvalue weighted by atomic mass is 9.76. The highest BCUT2D eigenvalue weighted by Crippen LogP contribution is 2.35. The van der Waals surface area contributed by atoms with Crippen molar-refractivity contribution in [1.29, 1.82) is 0 Å². The topological polar surface area (TPSA) is 309 Å². The smallest absolute Gasteiger partial charge is 0.277 e. The van der Waals surface area contributed by atoms with Gasteiger partial charge in [-0.3, -0.25) is 38.4 Å². The third-order valence-electron chi connectivity index (χ3n) is 17.5. The highest BCUT2D eigenvalue weighted by molar-refractivity contribution is 7.99. The van der Waals surface area contributed by atoms with Crippen molar-refractivity contribution in [2.45, 2.75) is 192 Å². The van der Waals surface area contributed by atoms with Crippen LogP contribution < -0.4 is 42.0 Å². The minimum absolute atomic E-state index is 0.00525. The summed E-state index contributed by atoms with van der Waals surface area (Å²) in [5.74, 6) is -0.426. The number of nitrogens with zero attached hydrogens (tertiary/aromatic N) is 3. The van der Waals surface area contributed by atoms with Gasteiger partial charge in [0.2, 0.25) is 41.3 Å². The molecule has 1 aromatic heterocycles. The fraction of sp³-hybridized carbons (Fsp3) is 0.711. The van der Waals surface area contributed by atoms with E-state index in [4.69, 9.17) is 28.1 Å². The lowest BCUT2D eigenvalue weighted by molar-refractivity contribution is -0.131. The second-order valence-electron chi connectivity index (χ2n) is 30.9. The highest BCUT2D eigenvalue weighted by Gasteiger charge is 2.33. The molecule has 570 valence electrons. The van der Waals surface area contributed by atoms with Gasteiger partial charge >= 0.3 is 0 Å². The van der Waals surface area contributed by atoms with Crippen LogP contribution in [0.15, 0.2) is 58.2 Å². The summed E-state index contributed by atoms with van der Waals surface area (Å²) in [7, 11) is 0. The second kappa shape index (κ2) is 45.4. The Hall–Kier alpha value is -6.67. The first-order chi connectivity index (χ1) is 47.5. The summed E-state index contributed by atoms with van der Waals surface area (Å²) in [6, 6.07) is 13.4. The molecule has 7 N–H and O–H groups in total. The number of benzene rings is 2. The predicted molar refractivity (Wildman–Crippen MR) is 396 cm³/mol. The Balaban J connectivity index is 1.44. The number of amides is 8. The van der Waals surface area contributed by atoms with E-state index in [2.05, 4.69) is 89.0 Å². The van der Waals surface area contributed by atoms with Gasteiger partial charge in [0, 0.05) is 117 Å². The molecule has 0 fully saturated rings. The first-order valence-corrected chi connectivity index (χ1v) is 37.3. The van der Waals surface area contributed by atoms with Crippen LogP contribution in [-0.4, -0.2) is 186 Å². The molecular weight excluding hydrogens is 1310 g/mol. The van der Waals surface area contributed by atoms with Crippen LogP contribution in [0.25, 0.3) is 11.5 Å². The van der Waals surface area contributed by atoms with Gasteiger partial charge in [0.05, 0.1) is 52.8 Å². The summed E-state index contributed by atoms with van der Waals surface area (Å²) in [5.41, 5.74) is 0.287. The zero-order valence-corrected chi connectivity index (χ0v) is 65.0. The number of hydrogen-bond acceptors (Lipinski definition) is 17. The average molecular weight is 1440 g/mol. The number of nitrogens with one attached hydrogen (secondary N) is 7. The maximum absolute atomic E-state index is 14.1. The van der Waals surface area contributed by atoms with Crippen molar-refractivity contribution in [3.05, 3.63) is 59.7 Å². The average Bonchev–Trinajstić information content (AvgIpc) is 1.82. The van der Waals surface area contributed by atoms with Crippen molar-refractivity contribution in [3.63, 3.8) is 0 Å². The molecule has 3 rings (SSSR count). The zero-order valence-electron chi connectivity index (χ0n) is 64.2. The lowest BCUT2D eigenvalue weighted by Crippen LogP contribution is -2.43. The van der Waals surface area contributed by atoms with E-state index in [1.165, 1.54) is 16.7 Å². The van der Waals surface area contributed by atoms with E-state index in [1.54, 1.807) is 36.4 Å². The predicted octanol–water partition coefficient (Wildman–Crippen LogP) is 10.2. The zero-order chi connectivity index (χ0) is 75.2. The molecular formula is C76H126N10O14S. The maximum atomic E-state index is 14.1. The molecule has 24 nitrogen and oxygen atoms in total. The van der Waals surface area contributed by atoms with Gasteiger partial charge in [0.25, 0.3) is 17.0 Å². The van der Waals surface area contributed by atoms with E-state index >= 15 is 0 Å². The molecule has 0 spiro atoms. The molecule has 1 heterocycles. The molecule has 0 aliphatic carbocycles. The third kappa shape index (κ3) is 37.9. The van der Waals surface area contributed by atoms with Crippen LogP contribution in [0.2, 0.25) is 0 Å². The van der Waals surface area contributed by atoms with Gasteiger partial charge in [-0.2, -0.15) is 0 Å². The molecule has 8 amide bonds. The van der Waals surface area contributed by atoms with Crippen molar-refractivity contribution in [3.8, 4) is 17.2 Å². The molecule has 4 unspecified atom stereocenters. The second-order valence-corrected chi connectivity index (χ2v) is 32.4. The number of carbonyl (C=O) groups is 8. The van der Waals surface area contributed by atoms with Gasteiger partial charge < -0.3 is 70.2 Å². The number of carbonyl (C=O) groups excluding carboxylic acids is 8. The number of rotatable bonds is 52. The summed E-state index contributed by atoms with van der Waals surface area (Å²) < 4.78 is 34.8. The Morgan fingerprint density at radius 2 is 1.07 bits per heavy atom. The molecule has 101 heavy (non-hydrogen) atoms. The van der Waals surface area contributed by atoms with Crippen LogP contribution in [0.4, 0.5) is 0 Å². The van der Waals surface area contributed by atoms with Crippen LogP contribution in [0, 0.1) is 44.8 Å². The SMILES string of the molecule is CCC(C)(C)CCC(C)(C)C(=O)NCC(C)COCCC(=O)NCCOCCC(=O)NCCN(CCNC(=O)CC(C)(C)COCC(C)CNC(=O)CC(C)COCCNC(=O)C(C)(CC)CCC(C)(C)C)C(=O)c1ccc(C(=O)NCCOc2ccc(-c3nnc(SC(C)C)o3)cc2)cc1. The van der Waals surface area contributed by atoms with E-state index in [0.717, 1.165) is 44.1 Å². The Kier molecular flexibility index (Phi) is 39.8. The molecule has 0 saturated heterocycles. The van der Waals surface area contributed by atoms with Gasteiger partial charge in [0.15, 0.2) is 0 Å². The Bertz CT molecular complexity index is 2970. The normalized spacial score (nSPS) is 13.5. The molecule has 0 bridgehead atoms. The Morgan fingerprint density at radius 3 is 1.69 bits per heavy atom. The summed E-state index contributed by atoms with van der Waals surface area (Å²) in [6.45, 7) is 39.8. The Morgan fingerprint density at radius 1 is 0.515 bits per heavy atom. The van der Waals surface area contributed by atoms with Crippen molar-refractivity contribution >= 4 is 59.0 Å². The molecule has 4 atom stereocenters. The fourth-order valence-electron chi connectivity index (χ4n) is 10.0. The van der Waals surface area contributed by atoms with E-state index < -0.39 is 16.2 Å². The van der Waals surface area contributed by atoms with Gasteiger partial charge in [0.1, 0.15) is 12.4 Å². The summed E-state index contributed by atoms with van der Waals surface area (Å²) in [6.07, 6.45) is 6.01. The first kappa shape index (κ1) is 88.5. The van der Waals surface area contributed by atoms with Gasteiger partial charge in [-0.25, -0.2) is 0 Å². The van der Waals surface area contributed by atoms with Crippen LogP contribution in [0.3, 0.4) is 0 Å². The minimum atomic E-state index is -0.547. The first-order valence-electron chi connectivity index (χ1n) is 36.4. The molecule has 0 radical (unpaired) electrons. The van der Waals surface area contributed by atoms with Crippen LogP contribution in [-0.2, 0) is 47.7 Å². The van der Waals surface area contributed by atoms with Gasteiger partial charge in [-0.15, -0.1) is 10.2 Å². The van der Waals surface area contributed by atoms with Crippen molar-refractivity contribution < 1.29 is 66.5 Å². The van der Waals surface area contributed by atoms with Crippen LogP contribution in [0.1, 0.15) is 203 Å². The van der Waals surface area contributed by atoms with Crippen molar-refractivity contribution in [2.75, 3.05) is 118 Å². The molecule has 0 aliphatic rings. The van der Waals surface area contributed by atoms with E-state index in [0.29, 0.717) is 85.7 Å². The van der Waals surface area contributed by atoms with Crippen molar-refractivity contribution in [1.82, 2.24) is 52.3 Å². The molecule has 0 aliphatic heterocycles. The third-order valence-corrected chi connectivity index (χ3v) is 18.4. The van der Waals surface area contributed by atoms with Crippen LogP contribution in [0.5, 0.6) is 5.75 Å². The van der Waals surface area contributed by atoms with Crippen LogP contribution >= 0.6 is 11.8 Å². The van der Waals surface area contributed by atoms with E-state index in [1.807, 2.05) is 88.3 Å². The number of aromatic nitrogens is 2. The largest absolute Gasteiger partial charge is 0.492 e. The lowest BCUT2D eigenvalue weighted by Gasteiger charge is -2.30. The van der Waals surface area contributed by atoms with Gasteiger partial charge in [-0.1, -0.05) is 136 Å². The highest BCUT2D eigenvalue weighted by atomic mass is 32.2.